The van der Waals surface area contributed by atoms with Crippen LogP contribution in [0.15, 0.2) is 4.52 Å². The Bertz CT molecular complexity index is 409. The highest BCUT2D eigenvalue weighted by molar-refractivity contribution is 5.01. The second-order valence-corrected chi connectivity index (χ2v) is 6.50. The maximum Gasteiger partial charge on any atom is 0.244 e. The van der Waals surface area contributed by atoms with Crippen molar-refractivity contribution >= 4 is 0 Å². The highest BCUT2D eigenvalue weighted by atomic mass is 16.5. The number of aromatic nitrogens is 2. The van der Waals surface area contributed by atoms with Crippen LogP contribution in [0.4, 0.5) is 0 Å². The summed E-state index contributed by atoms with van der Waals surface area (Å²) < 4.78 is 5.53. The Morgan fingerprint density at radius 1 is 1.11 bits per heavy atom. The SMILES string of the molecule is CC1CCC(c2noc(C3NCCCC3C)n2)CC1. The van der Waals surface area contributed by atoms with Crippen LogP contribution >= 0.6 is 0 Å². The third-order valence-electron chi connectivity index (χ3n) is 4.87. The zero-order valence-electron chi connectivity index (χ0n) is 12.1. The van der Waals surface area contributed by atoms with Crippen LogP contribution in [0.25, 0.3) is 0 Å². The van der Waals surface area contributed by atoms with Crippen molar-refractivity contribution in [3.63, 3.8) is 0 Å². The number of nitrogens with zero attached hydrogens (tertiary/aromatic N) is 2. The Labute approximate surface area is 115 Å². The summed E-state index contributed by atoms with van der Waals surface area (Å²) in [5.74, 6) is 3.73. The molecule has 1 aliphatic carbocycles. The topological polar surface area (TPSA) is 51.0 Å². The second kappa shape index (κ2) is 5.61. The van der Waals surface area contributed by atoms with Crippen LogP contribution in [-0.4, -0.2) is 16.7 Å². The molecule has 1 saturated carbocycles. The molecule has 4 nitrogen and oxygen atoms in total. The summed E-state index contributed by atoms with van der Waals surface area (Å²) in [5.41, 5.74) is 0. The van der Waals surface area contributed by atoms with E-state index in [0.29, 0.717) is 11.8 Å². The summed E-state index contributed by atoms with van der Waals surface area (Å²) in [6.45, 7) is 5.67. The zero-order chi connectivity index (χ0) is 13.2. The van der Waals surface area contributed by atoms with Gasteiger partial charge in [-0.15, -0.1) is 0 Å². The van der Waals surface area contributed by atoms with E-state index in [1.165, 1.54) is 38.5 Å². The van der Waals surface area contributed by atoms with Crippen molar-refractivity contribution in [3.05, 3.63) is 11.7 Å². The lowest BCUT2D eigenvalue weighted by Gasteiger charge is -2.27. The molecule has 2 unspecified atom stereocenters. The van der Waals surface area contributed by atoms with Gasteiger partial charge >= 0.3 is 0 Å². The van der Waals surface area contributed by atoms with Gasteiger partial charge in [0.1, 0.15) is 0 Å². The maximum atomic E-state index is 5.53. The number of nitrogens with one attached hydrogen (secondary N) is 1. The number of piperidine rings is 1. The lowest BCUT2D eigenvalue weighted by atomic mass is 9.83. The average Bonchev–Trinajstić information content (AvgIpc) is 2.89. The predicted octanol–water partition coefficient (Wildman–Crippen LogP) is 3.42. The molecule has 1 aromatic rings. The monoisotopic (exact) mass is 263 g/mol. The lowest BCUT2D eigenvalue weighted by Crippen LogP contribution is -2.33. The van der Waals surface area contributed by atoms with Gasteiger partial charge in [0.15, 0.2) is 5.82 Å². The van der Waals surface area contributed by atoms with Crippen LogP contribution < -0.4 is 5.32 Å². The molecule has 1 N–H and O–H groups in total. The van der Waals surface area contributed by atoms with Gasteiger partial charge < -0.3 is 9.84 Å². The molecule has 2 atom stereocenters. The zero-order valence-corrected chi connectivity index (χ0v) is 12.1. The quantitative estimate of drug-likeness (QED) is 0.888. The standard InChI is InChI=1S/C15H25N3O/c1-10-5-7-12(8-6-10)14-17-15(19-18-14)13-11(2)4-3-9-16-13/h10-13,16H,3-9H2,1-2H3. The van der Waals surface area contributed by atoms with Crippen molar-refractivity contribution in [1.82, 2.24) is 15.5 Å². The first-order chi connectivity index (χ1) is 9.24. The van der Waals surface area contributed by atoms with Crippen molar-refractivity contribution < 1.29 is 4.52 Å². The Kier molecular flexibility index (Phi) is 3.87. The Morgan fingerprint density at radius 2 is 1.89 bits per heavy atom. The van der Waals surface area contributed by atoms with Crippen LogP contribution in [0.2, 0.25) is 0 Å². The summed E-state index contributed by atoms with van der Waals surface area (Å²) in [5, 5.41) is 7.76. The largest absolute Gasteiger partial charge is 0.338 e. The predicted molar refractivity (Wildman–Crippen MR) is 73.8 cm³/mol. The van der Waals surface area contributed by atoms with Gasteiger partial charge in [0.05, 0.1) is 6.04 Å². The summed E-state index contributed by atoms with van der Waals surface area (Å²) in [7, 11) is 0. The minimum Gasteiger partial charge on any atom is -0.338 e. The maximum absolute atomic E-state index is 5.53. The summed E-state index contributed by atoms with van der Waals surface area (Å²) in [6, 6.07) is 0.262. The number of hydrogen-bond acceptors (Lipinski definition) is 4. The van der Waals surface area contributed by atoms with Gasteiger partial charge in [-0.25, -0.2) is 0 Å². The van der Waals surface area contributed by atoms with Crippen molar-refractivity contribution in [1.29, 1.82) is 0 Å². The fourth-order valence-corrected chi connectivity index (χ4v) is 3.44. The highest BCUT2D eigenvalue weighted by Gasteiger charge is 2.29. The van der Waals surface area contributed by atoms with Gasteiger partial charge in [-0.05, 0) is 44.1 Å². The van der Waals surface area contributed by atoms with E-state index in [1.54, 1.807) is 0 Å². The first-order valence-electron chi connectivity index (χ1n) is 7.81. The smallest absolute Gasteiger partial charge is 0.244 e. The molecule has 0 spiro atoms. The van der Waals surface area contributed by atoms with Crippen LogP contribution in [0.5, 0.6) is 0 Å². The van der Waals surface area contributed by atoms with E-state index in [-0.39, 0.29) is 6.04 Å². The molecule has 1 saturated heterocycles. The van der Waals surface area contributed by atoms with Gasteiger partial charge in [0.25, 0.3) is 0 Å². The fraction of sp³-hybridized carbons (Fsp3) is 0.867. The first kappa shape index (κ1) is 13.1. The first-order valence-corrected chi connectivity index (χ1v) is 7.81. The molecule has 0 bridgehead atoms. The molecule has 1 aromatic heterocycles. The second-order valence-electron chi connectivity index (χ2n) is 6.50. The van der Waals surface area contributed by atoms with Crippen LogP contribution in [0, 0.1) is 11.8 Å². The number of hydrogen-bond donors (Lipinski definition) is 1. The minimum absolute atomic E-state index is 0.262. The molecular formula is C15H25N3O. The fourth-order valence-electron chi connectivity index (χ4n) is 3.44. The molecule has 4 heteroatoms. The van der Waals surface area contributed by atoms with E-state index in [2.05, 4.69) is 24.3 Å². The number of rotatable bonds is 2. The van der Waals surface area contributed by atoms with Gasteiger partial charge in [0, 0.05) is 5.92 Å². The van der Waals surface area contributed by atoms with Gasteiger partial charge in [-0.2, -0.15) is 4.98 Å². The van der Waals surface area contributed by atoms with Crippen molar-refractivity contribution in [3.8, 4) is 0 Å². The molecule has 3 rings (SSSR count). The highest BCUT2D eigenvalue weighted by Crippen LogP contribution is 2.35. The van der Waals surface area contributed by atoms with Gasteiger partial charge in [-0.1, -0.05) is 31.8 Å². The van der Waals surface area contributed by atoms with Gasteiger partial charge in [-0.3, -0.25) is 0 Å². The van der Waals surface area contributed by atoms with E-state index < -0.39 is 0 Å². The van der Waals surface area contributed by atoms with Crippen molar-refractivity contribution in [2.75, 3.05) is 6.54 Å². The minimum atomic E-state index is 0.262. The third-order valence-corrected chi connectivity index (χ3v) is 4.87. The molecule has 19 heavy (non-hydrogen) atoms. The van der Waals surface area contributed by atoms with Crippen molar-refractivity contribution in [2.24, 2.45) is 11.8 Å². The van der Waals surface area contributed by atoms with Crippen molar-refractivity contribution in [2.45, 2.75) is 64.3 Å². The van der Waals surface area contributed by atoms with Crippen LogP contribution in [0.3, 0.4) is 0 Å². The lowest BCUT2D eigenvalue weighted by molar-refractivity contribution is 0.238. The summed E-state index contributed by atoms with van der Waals surface area (Å²) >= 11 is 0. The molecule has 1 aliphatic heterocycles. The van der Waals surface area contributed by atoms with E-state index >= 15 is 0 Å². The van der Waals surface area contributed by atoms with E-state index in [4.69, 9.17) is 9.51 Å². The summed E-state index contributed by atoms with van der Waals surface area (Å²) in [6.07, 6.45) is 7.52. The summed E-state index contributed by atoms with van der Waals surface area (Å²) in [4.78, 5) is 4.69. The Hall–Kier alpha value is -0.900. The molecule has 2 fully saturated rings. The molecular weight excluding hydrogens is 238 g/mol. The molecule has 0 amide bonds. The van der Waals surface area contributed by atoms with E-state index in [0.717, 1.165) is 24.2 Å². The molecule has 0 radical (unpaired) electrons. The molecule has 0 aromatic carbocycles. The Morgan fingerprint density at radius 3 is 2.63 bits per heavy atom. The third kappa shape index (κ3) is 2.83. The normalized spacial score (nSPS) is 36.3. The van der Waals surface area contributed by atoms with Crippen LogP contribution in [-0.2, 0) is 0 Å². The van der Waals surface area contributed by atoms with E-state index in [1.807, 2.05) is 0 Å². The average molecular weight is 263 g/mol. The molecule has 106 valence electrons. The van der Waals surface area contributed by atoms with Crippen LogP contribution in [0.1, 0.15) is 76.0 Å². The molecule has 2 heterocycles. The van der Waals surface area contributed by atoms with Gasteiger partial charge in [0.2, 0.25) is 5.89 Å². The molecule has 2 aliphatic rings. The Balaban J connectivity index is 1.68. The van der Waals surface area contributed by atoms with E-state index in [9.17, 15) is 0 Å².